The van der Waals surface area contributed by atoms with Crippen LogP contribution in [-0.4, -0.2) is 67.6 Å². The molecule has 2 aromatic heterocycles. The highest BCUT2D eigenvalue weighted by molar-refractivity contribution is 7.92. The molecule has 0 aliphatic carbocycles. The van der Waals surface area contributed by atoms with Gasteiger partial charge in [-0.2, -0.15) is 0 Å². The van der Waals surface area contributed by atoms with Gasteiger partial charge in [0, 0.05) is 55.7 Å². The molecule has 5 aromatic rings. The molecule has 0 unspecified atom stereocenters. The SMILES string of the molecule is CCc1nc(-c2ccc(F)c(NS(=O)(=O)c3ccccc3)c2)c(-c2ccnc(Nc3ccc(N4CCN(C(C)C)CC4)cc3OC)n2)s1. The van der Waals surface area contributed by atoms with Crippen molar-refractivity contribution in [3.8, 4) is 27.6 Å². The lowest BCUT2D eigenvalue weighted by molar-refractivity contribution is 0.209. The fourth-order valence-corrected chi connectivity index (χ4v) is 7.66. The van der Waals surface area contributed by atoms with E-state index in [-0.39, 0.29) is 10.6 Å². The first-order valence-corrected chi connectivity index (χ1v) is 18.1. The Labute approximate surface area is 284 Å². The second-order valence-corrected chi connectivity index (χ2v) is 14.4. The lowest BCUT2D eigenvalue weighted by Crippen LogP contribution is -2.48. The van der Waals surface area contributed by atoms with Crippen LogP contribution < -0.4 is 19.7 Å². The highest BCUT2D eigenvalue weighted by Gasteiger charge is 2.22. The zero-order valence-corrected chi connectivity index (χ0v) is 28.9. The third-order valence-corrected chi connectivity index (χ3v) is 10.8. The smallest absolute Gasteiger partial charge is 0.261 e. The van der Waals surface area contributed by atoms with Crippen LogP contribution in [0.4, 0.5) is 27.4 Å². The molecule has 1 saturated heterocycles. The summed E-state index contributed by atoms with van der Waals surface area (Å²) in [6.07, 6.45) is 2.34. The minimum Gasteiger partial charge on any atom is -0.494 e. The first-order chi connectivity index (χ1) is 23.1. The quantitative estimate of drug-likeness (QED) is 0.151. The summed E-state index contributed by atoms with van der Waals surface area (Å²) in [5.41, 5.74) is 3.40. The Morgan fingerprint density at radius 1 is 0.958 bits per heavy atom. The fourth-order valence-electron chi connectivity index (χ4n) is 5.58. The first-order valence-electron chi connectivity index (χ1n) is 15.8. The van der Waals surface area contributed by atoms with Gasteiger partial charge in [0.2, 0.25) is 5.95 Å². The highest BCUT2D eigenvalue weighted by atomic mass is 32.2. The van der Waals surface area contributed by atoms with E-state index in [0.717, 1.165) is 47.4 Å². The number of nitrogens with one attached hydrogen (secondary N) is 2. The lowest BCUT2D eigenvalue weighted by Gasteiger charge is -2.38. The maximum absolute atomic E-state index is 14.9. The van der Waals surface area contributed by atoms with Gasteiger partial charge in [0.15, 0.2) is 0 Å². The van der Waals surface area contributed by atoms with Crippen LogP contribution in [0.3, 0.4) is 0 Å². The van der Waals surface area contributed by atoms with E-state index in [9.17, 15) is 12.8 Å². The van der Waals surface area contributed by atoms with Crippen molar-refractivity contribution in [2.45, 2.75) is 38.1 Å². The molecule has 0 atom stereocenters. The van der Waals surface area contributed by atoms with Gasteiger partial charge in [-0.15, -0.1) is 11.3 Å². The van der Waals surface area contributed by atoms with Crippen LogP contribution in [0.15, 0.2) is 83.9 Å². The summed E-state index contributed by atoms with van der Waals surface area (Å²) < 4.78 is 49.0. The Hall–Kier alpha value is -4.59. The summed E-state index contributed by atoms with van der Waals surface area (Å²) in [4.78, 5) is 19.7. The van der Waals surface area contributed by atoms with Crippen molar-refractivity contribution in [3.05, 3.63) is 89.8 Å². The molecule has 6 rings (SSSR count). The molecule has 48 heavy (non-hydrogen) atoms. The normalized spacial score (nSPS) is 13.9. The average Bonchev–Trinajstić information content (AvgIpc) is 3.55. The highest BCUT2D eigenvalue weighted by Crippen LogP contribution is 2.39. The third-order valence-electron chi connectivity index (χ3n) is 8.24. The number of hydrogen-bond donors (Lipinski definition) is 2. The number of nitrogens with zero attached hydrogens (tertiary/aromatic N) is 5. The molecule has 0 bridgehead atoms. The Bertz CT molecular complexity index is 2000. The summed E-state index contributed by atoms with van der Waals surface area (Å²) in [6.45, 7) is 10.4. The van der Waals surface area contributed by atoms with Crippen LogP contribution in [0.2, 0.25) is 0 Å². The molecule has 1 aliphatic heterocycles. The van der Waals surface area contributed by atoms with Crippen molar-refractivity contribution >= 4 is 44.4 Å². The van der Waals surface area contributed by atoms with Gasteiger partial charge in [0.1, 0.15) is 11.6 Å². The number of halogens is 1. The average molecular weight is 688 g/mol. The number of hydrogen-bond acceptors (Lipinski definition) is 10. The van der Waals surface area contributed by atoms with Crippen molar-refractivity contribution < 1.29 is 17.5 Å². The van der Waals surface area contributed by atoms with Crippen molar-refractivity contribution in [1.82, 2.24) is 19.9 Å². The van der Waals surface area contributed by atoms with Crippen molar-refractivity contribution in [2.24, 2.45) is 0 Å². The van der Waals surface area contributed by atoms with E-state index in [4.69, 9.17) is 14.7 Å². The molecule has 10 nitrogen and oxygen atoms in total. The largest absolute Gasteiger partial charge is 0.494 e. The summed E-state index contributed by atoms with van der Waals surface area (Å²) in [7, 11) is -2.36. The fraction of sp³-hybridized carbons (Fsp3) is 0.286. The maximum Gasteiger partial charge on any atom is 0.261 e. The first kappa shape index (κ1) is 33.3. The van der Waals surface area contributed by atoms with E-state index in [0.29, 0.717) is 41.1 Å². The molecule has 2 N–H and O–H groups in total. The van der Waals surface area contributed by atoms with Gasteiger partial charge in [0.25, 0.3) is 10.0 Å². The number of rotatable bonds is 11. The zero-order chi connectivity index (χ0) is 33.8. The minimum absolute atomic E-state index is 0.0363. The number of methoxy groups -OCH3 is 1. The van der Waals surface area contributed by atoms with Crippen LogP contribution in [-0.2, 0) is 16.4 Å². The number of ether oxygens (including phenoxy) is 1. The molecule has 0 amide bonds. The van der Waals surface area contributed by atoms with Crippen LogP contribution in [0.1, 0.15) is 25.8 Å². The molecule has 0 saturated carbocycles. The number of aryl methyl sites for hydroxylation is 1. The van der Waals surface area contributed by atoms with Crippen LogP contribution in [0.25, 0.3) is 21.8 Å². The number of aromatic nitrogens is 3. The Morgan fingerprint density at radius 2 is 1.73 bits per heavy atom. The maximum atomic E-state index is 14.9. The molecule has 0 spiro atoms. The summed E-state index contributed by atoms with van der Waals surface area (Å²) in [6, 6.07) is 20.5. The summed E-state index contributed by atoms with van der Waals surface area (Å²) >= 11 is 1.47. The van der Waals surface area contributed by atoms with Crippen molar-refractivity contribution in [1.29, 1.82) is 0 Å². The minimum atomic E-state index is -4.00. The molecule has 250 valence electrons. The van der Waals surface area contributed by atoms with E-state index < -0.39 is 15.8 Å². The van der Waals surface area contributed by atoms with Gasteiger partial charge in [-0.3, -0.25) is 9.62 Å². The molecular weight excluding hydrogens is 650 g/mol. The lowest BCUT2D eigenvalue weighted by atomic mass is 10.1. The van der Waals surface area contributed by atoms with Crippen molar-refractivity contribution in [2.75, 3.05) is 48.2 Å². The van der Waals surface area contributed by atoms with Crippen LogP contribution >= 0.6 is 11.3 Å². The van der Waals surface area contributed by atoms with Gasteiger partial charge in [-0.05, 0) is 68.8 Å². The predicted octanol–water partition coefficient (Wildman–Crippen LogP) is 7.05. The van der Waals surface area contributed by atoms with Gasteiger partial charge in [0.05, 0.1) is 44.7 Å². The van der Waals surface area contributed by atoms with Gasteiger partial charge in [-0.25, -0.2) is 27.8 Å². The Balaban J connectivity index is 1.27. The van der Waals surface area contributed by atoms with E-state index in [1.165, 1.54) is 35.6 Å². The van der Waals surface area contributed by atoms with Gasteiger partial charge >= 0.3 is 0 Å². The van der Waals surface area contributed by atoms with Crippen LogP contribution in [0, 0.1) is 5.82 Å². The standard InChI is InChI=1S/C35H38FN7O3S2/c1-5-32-40-33(24-11-13-27(36)30(21-24)41-48(44,45)26-9-7-6-8-10-26)34(47-32)29-15-16-37-35(39-29)38-28-14-12-25(22-31(28)46-4)43-19-17-42(18-20-43)23(2)3/h6-16,21-23,41H,5,17-20H2,1-4H3,(H,37,38,39). The zero-order valence-electron chi connectivity index (χ0n) is 27.3. The van der Waals surface area contributed by atoms with E-state index in [1.54, 1.807) is 43.6 Å². The molecule has 13 heteroatoms. The molecular formula is C35H38FN7O3S2. The third kappa shape index (κ3) is 7.28. The van der Waals surface area contributed by atoms with E-state index >= 15 is 0 Å². The summed E-state index contributed by atoms with van der Waals surface area (Å²) in [5, 5.41) is 4.16. The summed E-state index contributed by atoms with van der Waals surface area (Å²) in [5.74, 6) is 0.352. The van der Waals surface area contributed by atoms with Crippen LogP contribution in [0.5, 0.6) is 5.75 Å². The monoisotopic (exact) mass is 687 g/mol. The Kier molecular flexibility index (Phi) is 9.90. The number of thiazole rings is 1. The van der Waals surface area contributed by atoms with Gasteiger partial charge in [-0.1, -0.05) is 25.1 Å². The topological polar surface area (TPSA) is 113 Å². The van der Waals surface area contributed by atoms with Gasteiger partial charge < -0.3 is 15.0 Å². The molecule has 0 radical (unpaired) electrons. The molecule has 3 aromatic carbocycles. The number of sulfonamides is 1. The number of benzene rings is 3. The number of anilines is 4. The predicted molar refractivity (Wildman–Crippen MR) is 190 cm³/mol. The molecule has 1 aliphatic rings. The van der Waals surface area contributed by atoms with E-state index in [2.05, 4.69) is 44.7 Å². The molecule has 1 fully saturated rings. The second-order valence-electron chi connectivity index (χ2n) is 11.6. The Morgan fingerprint density at radius 3 is 2.44 bits per heavy atom. The number of piperazine rings is 1. The van der Waals surface area contributed by atoms with Crippen molar-refractivity contribution in [3.63, 3.8) is 0 Å². The van der Waals surface area contributed by atoms with E-state index in [1.807, 2.05) is 19.1 Å². The second kappa shape index (κ2) is 14.3. The molecule has 3 heterocycles.